The highest BCUT2D eigenvalue weighted by atomic mass is 32.2. The number of hydrogen-bond acceptors (Lipinski definition) is 4. The molecule has 0 fully saturated rings. The van der Waals surface area contributed by atoms with Gasteiger partial charge in [-0.25, -0.2) is 9.38 Å². The maximum atomic E-state index is 13.5. The highest BCUT2D eigenvalue weighted by Crippen LogP contribution is 2.19. The SMILES string of the molecule is Cc1ccc(CCNC(=O)CCC/C=N/NC(=Nc2ccc(C)cc2)SCc2cccc(F)c2)cc1. The number of unbranched alkanes of at least 4 members (excludes halogenated alkanes) is 1. The van der Waals surface area contributed by atoms with E-state index in [1.165, 1.54) is 35.0 Å². The highest BCUT2D eigenvalue weighted by molar-refractivity contribution is 8.13. The number of halogens is 1. The molecule has 0 aliphatic rings. The molecule has 5 nitrogen and oxygen atoms in total. The molecular formula is C29H33FN4OS. The molecule has 3 aromatic rings. The Morgan fingerprint density at radius 1 is 0.972 bits per heavy atom. The van der Waals surface area contributed by atoms with Gasteiger partial charge in [-0.1, -0.05) is 71.4 Å². The van der Waals surface area contributed by atoms with E-state index >= 15 is 0 Å². The second-order valence-corrected chi connectivity index (χ2v) is 9.54. The van der Waals surface area contributed by atoms with Crippen LogP contribution in [0, 0.1) is 19.7 Å². The van der Waals surface area contributed by atoms with Crippen LogP contribution in [0.2, 0.25) is 0 Å². The first-order valence-corrected chi connectivity index (χ1v) is 13.1. The van der Waals surface area contributed by atoms with Gasteiger partial charge in [-0.2, -0.15) is 5.10 Å². The van der Waals surface area contributed by atoms with E-state index in [1.54, 1.807) is 12.3 Å². The normalized spacial score (nSPS) is 11.6. The second-order valence-electron chi connectivity index (χ2n) is 8.57. The first-order chi connectivity index (χ1) is 17.5. The predicted molar refractivity (Wildman–Crippen MR) is 149 cm³/mol. The summed E-state index contributed by atoms with van der Waals surface area (Å²) in [4.78, 5) is 16.7. The zero-order valence-electron chi connectivity index (χ0n) is 20.8. The Balaban J connectivity index is 1.42. The average Bonchev–Trinajstić information content (AvgIpc) is 2.87. The van der Waals surface area contributed by atoms with Crippen molar-refractivity contribution in [3.05, 3.63) is 101 Å². The lowest BCUT2D eigenvalue weighted by Gasteiger charge is -2.07. The smallest absolute Gasteiger partial charge is 0.220 e. The summed E-state index contributed by atoms with van der Waals surface area (Å²) in [7, 11) is 0. The standard InChI is InChI=1S/C29H33FN4OS/c1-22-9-13-24(14-10-22)17-19-31-28(35)8-3-4-18-32-34-29(33-27-15-11-23(2)12-16-27)36-21-25-6-5-7-26(30)20-25/h5-7,9-16,18,20H,3-4,8,17,19,21H2,1-2H3,(H,31,35)(H,33,34)/b32-18+. The first kappa shape index (κ1) is 27.1. The van der Waals surface area contributed by atoms with Gasteiger partial charge in [0, 0.05) is 24.9 Å². The lowest BCUT2D eigenvalue weighted by molar-refractivity contribution is -0.121. The van der Waals surface area contributed by atoms with Crippen LogP contribution in [0.25, 0.3) is 0 Å². The molecule has 1 amide bonds. The van der Waals surface area contributed by atoms with Crippen molar-refractivity contribution in [3.63, 3.8) is 0 Å². The summed E-state index contributed by atoms with van der Waals surface area (Å²) in [6, 6.07) is 22.8. The zero-order chi connectivity index (χ0) is 25.6. The van der Waals surface area contributed by atoms with Crippen LogP contribution in [0.3, 0.4) is 0 Å². The van der Waals surface area contributed by atoms with Crippen LogP contribution < -0.4 is 10.7 Å². The Hall–Kier alpha value is -3.45. The summed E-state index contributed by atoms with van der Waals surface area (Å²) >= 11 is 1.45. The molecular weight excluding hydrogens is 471 g/mol. The minimum absolute atomic E-state index is 0.0516. The van der Waals surface area contributed by atoms with Gasteiger partial charge in [0.05, 0.1) is 5.69 Å². The number of hydrogen-bond donors (Lipinski definition) is 2. The van der Waals surface area contributed by atoms with E-state index in [4.69, 9.17) is 0 Å². The lowest BCUT2D eigenvalue weighted by atomic mass is 10.1. The topological polar surface area (TPSA) is 65.8 Å². The van der Waals surface area contributed by atoms with Crippen LogP contribution in [0.4, 0.5) is 10.1 Å². The molecule has 0 bridgehead atoms. The number of rotatable bonds is 11. The number of carbonyl (C=O) groups is 1. The van der Waals surface area contributed by atoms with Crippen molar-refractivity contribution >= 4 is 34.7 Å². The summed E-state index contributed by atoms with van der Waals surface area (Å²) in [6.07, 6.45) is 4.42. The van der Waals surface area contributed by atoms with E-state index in [0.717, 1.165) is 23.2 Å². The molecule has 36 heavy (non-hydrogen) atoms. The van der Waals surface area contributed by atoms with E-state index in [0.29, 0.717) is 36.7 Å². The molecule has 188 valence electrons. The van der Waals surface area contributed by atoms with Crippen LogP contribution in [0.1, 0.15) is 41.5 Å². The van der Waals surface area contributed by atoms with E-state index in [1.807, 2.05) is 37.3 Å². The average molecular weight is 505 g/mol. The van der Waals surface area contributed by atoms with Gasteiger partial charge < -0.3 is 5.32 Å². The maximum Gasteiger partial charge on any atom is 0.220 e. The largest absolute Gasteiger partial charge is 0.356 e. The molecule has 0 heterocycles. The van der Waals surface area contributed by atoms with E-state index in [-0.39, 0.29) is 11.7 Å². The minimum atomic E-state index is -0.254. The molecule has 0 saturated heterocycles. The third-order valence-corrected chi connectivity index (χ3v) is 6.31. The number of hydrazone groups is 1. The Kier molecular flexibility index (Phi) is 11.2. The maximum absolute atomic E-state index is 13.5. The first-order valence-electron chi connectivity index (χ1n) is 12.1. The summed E-state index contributed by atoms with van der Waals surface area (Å²) in [5.74, 6) is 0.360. The van der Waals surface area contributed by atoms with Crippen molar-refractivity contribution in [2.75, 3.05) is 6.54 Å². The molecule has 0 aromatic heterocycles. The second kappa shape index (κ2) is 14.8. The number of aliphatic imine (C=N–C) groups is 1. The summed E-state index contributed by atoms with van der Waals surface area (Å²) < 4.78 is 13.5. The third-order valence-electron chi connectivity index (χ3n) is 5.37. The van der Waals surface area contributed by atoms with Crippen LogP contribution in [0.15, 0.2) is 82.9 Å². The number of carbonyl (C=O) groups excluding carboxylic acids is 1. The molecule has 0 unspecified atom stereocenters. The summed E-state index contributed by atoms with van der Waals surface area (Å²) in [6.45, 7) is 4.73. The number of benzene rings is 3. The molecule has 0 aliphatic heterocycles. The minimum Gasteiger partial charge on any atom is -0.356 e. The molecule has 7 heteroatoms. The molecule has 3 aromatic carbocycles. The van der Waals surface area contributed by atoms with Gasteiger partial charge in [0.2, 0.25) is 5.91 Å². The Labute approximate surface area is 217 Å². The third kappa shape index (κ3) is 10.4. The number of thioether (sulfide) groups is 1. The number of aryl methyl sites for hydroxylation is 2. The summed E-state index contributed by atoms with van der Waals surface area (Å²) in [5, 5.41) is 7.88. The highest BCUT2D eigenvalue weighted by Gasteiger charge is 2.04. The van der Waals surface area contributed by atoms with Crippen molar-refractivity contribution in [3.8, 4) is 0 Å². The molecule has 0 aliphatic carbocycles. The van der Waals surface area contributed by atoms with Gasteiger partial charge in [-0.05, 0) is 68.5 Å². The number of nitrogens with zero attached hydrogens (tertiary/aromatic N) is 2. The fraction of sp³-hybridized carbons (Fsp3) is 0.276. The molecule has 0 atom stereocenters. The Morgan fingerprint density at radius 3 is 2.42 bits per heavy atom. The lowest BCUT2D eigenvalue weighted by Crippen LogP contribution is -2.25. The predicted octanol–water partition coefficient (Wildman–Crippen LogP) is 6.47. The van der Waals surface area contributed by atoms with Gasteiger partial charge in [-0.3, -0.25) is 10.2 Å². The molecule has 3 rings (SSSR count). The van der Waals surface area contributed by atoms with Crippen molar-refractivity contribution in [2.24, 2.45) is 10.1 Å². The van der Waals surface area contributed by atoms with Gasteiger partial charge in [0.25, 0.3) is 0 Å². The van der Waals surface area contributed by atoms with Crippen molar-refractivity contribution in [2.45, 2.75) is 45.3 Å². The molecule has 2 N–H and O–H groups in total. The van der Waals surface area contributed by atoms with Crippen molar-refractivity contribution in [1.29, 1.82) is 0 Å². The van der Waals surface area contributed by atoms with Crippen LogP contribution >= 0.6 is 11.8 Å². The van der Waals surface area contributed by atoms with E-state index < -0.39 is 0 Å². The fourth-order valence-corrected chi connectivity index (χ4v) is 4.08. The Morgan fingerprint density at radius 2 is 1.69 bits per heavy atom. The summed E-state index contributed by atoms with van der Waals surface area (Å²) in [5.41, 5.74) is 8.30. The van der Waals surface area contributed by atoms with Crippen molar-refractivity contribution in [1.82, 2.24) is 10.7 Å². The fourth-order valence-electron chi connectivity index (χ4n) is 3.31. The van der Waals surface area contributed by atoms with Gasteiger partial charge in [0.1, 0.15) is 5.82 Å². The monoisotopic (exact) mass is 504 g/mol. The van der Waals surface area contributed by atoms with Gasteiger partial charge >= 0.3 is 0 Å². The van der Waals surface area contributed by atoms with E-state index in [9.17, 15) is 9.18 Å². The molecule has 0 radical (unpaired) electrons. The van der Waals surface area contributed by atoms with Gasteiger partial charge in [-0.15, -0.1) is 0 Å². The van der Waals surface area contributed by atoms with Gasteiger partial charge in [0.15, 0.2) is 5.17 Å². The quantitative estimate of drug-likeness (QED) is 0.136. The van der Waals surface area contributed by atoms with Crippen LogP contribution in [-0.4, -0.2) is 23.8 Å². The van der Waals surface area contributed by atoms with Crippen molar-refractivity contribution < 1.29 is 9.18 Å². The van der Waals surface area contributed by atoms with Crippen LogP contribution in [0.5, 0.6) is 0 Å². The molecule has 0 spiro atoms. The van der Waals surface area contributed by atoms with Crippen LogP contribution in [-0.2, 0) is 17.0 Å². The number of amidine groups is 1. The number of nitrogens with one attached hydrogen (secondary N) is 2. The number of amides is 1. The Bertz CT molecular complexity index is 1160. The van der Waals surface area contributed by atoms with E-state index in [2.05, 4.69) is 52.0 Å². The zero-order valence-corrected chi connectivity index (χ0v) is 21.7. The molecule has 0 saturated carbocycles.